The van der Waals surface area contributed by atoms with Gasteiger partial charge in [-0.25, -0.2) is 9.18 Å². The molecule has 134 valence electrons. The number of aromatic amines is 1. The van der Waals surface area contributed by atoms with E-state index in [-0.39, 0.29) is 12.7 Å². The van der Waals surface area contributed by atoms with E-state index in [1.807, 2.05) is 4.98 Å². The van der Waals surface area contributed by atoms with Gasteiger partial charge in [0.05, 0.1) is 12.7 Å². The Morgan fingerprint density at radius 2 is 2.29 bits per heavy atom. The number of alkyl halides is 2. The van der Waals surface area contributed by atoms with Crippen LogP contribution in [0, 0.1) is 0 Å². The van der Waals surface area contributed by atoms with Gasteiger partial charge in [-0.15, -0.1) is 0 Å². The summed E-state index contributed by atoms with van der Waals surface area (Å²) in [5.41, 5.74) is -1.47. The monoisotopic (exact) mass is 400 g/mol. The molecular formula is C12H15ClFN2O6PS. The first kappa shape index (κ1) is 18.2. The van der Waals surface area contributed by atoms with Crippen LogP contribution in [-0.2, 0) is 30.1 Å². The van der Waals surface area contributed by atoms with E-state index in [0.717, 1.165) is 16.8 Å². The number of aromatic nitrogens is 2. The summed E-state index contributed by atoms with van der Waals surface area (Å²) in [6.45, 7) is 0.225. The highest BCUT2D eigenvalue weighted by molar-refractivity contribution is 8.07. The van der Waals surface area contributed by atoms with Crippen molar-refractivity contribution in [2.45, 2.75) is 43.5 Å². The van der Waals surface area contributed by atoms with Gasteiger partial charge in [-0.3, -0.25) is 18.9 Å². The number of hydrogen-bond donors (Lipinski definition) is 1. The summed E-state index contributed by atoms with van der Waals surface area (Å²) in [6.07, 6.45) is -2.84. The maximum Gasteiger partial charge on any atom is 0.330 e. The maximum absolute atomic E-state index is 15.2. The van der Waals surface area contributed by atoms with Gasteiger partial charge >= 0.3 is 12.4 Å². The SMILES string of the molecule is CC(C)OP1(=S)OCC2OC(n3ccc(=O)[nH]c3=O)C(F)(Cl)C2O1. The molecule has 5 unspecified atom stereocenters. The van der Waals surface area contributed by atoms with Gasteiger partial charge < -0.3 is 13.8 Å². The molecule has 0 aliphatic carbocycles. The Balaban J connectivity index is 1.91. The lowest BCUT2D eigenvalue weighted by molar-refractivity contribution is -0.0657. The Hall–Kier alpha value is -0.610. The lowest BCUT2D eigenvalue weighted by atomic mass is 10.1. The Morgan fingerprint density at radius 1 is 1.58 bits per heavy atom. The van der Waals surface area contributed by atoms with Crippen LogP contribution in [-0.4, -0.2) is 39.6 Å². The first-order chi connectivity index (χ1) is 11.1. The van der Waals surface area contributed by atoms with Crippen molar-refractivity contribution < 1.29 is 22.7 Å². The molecule has 2 saturated heterocycles. The van der Waals surface area contributed by atoms with E-state index in [0.29, 0.717) is 0 Å². The summed E-state index contributed by atoms with van der Waals surface area (Å²) in [7, 11) is 0. The van der Waals surface area contributed by atoms with E-state index in [1.165, 1.54) is 0 Å². The minimum absolute atomic E-state index is 0.0817. The second-order valence-electron chi connectivity index (χ2n) is 5.64. The number of halogens is 2. The molecule has 1 aromatic heterocycles. The Kier molecular flexibility index (Phi) is 4.76. The van der Waals surface area contributed by atoms with E-state index >= 15 is 4.39 Å². The number of H-pyrrole nitrogens is 1. The fourth-order valence-electron chi connectivity index (χ4n) is 2.49. The van der Waals surface area contributed by atoms with Gasteiger partial charge in [0.2, 0.25) is 0 Å². The van der Waals surface area contributed by atoms with Crippen LogP contribution in [0.1, 0.15) is 20.1 Å². The number of fused-ring (bicyclic) bond motifs is 1. The molecule has 0 bridgehead atoms. The first-order valence-electron chi connectivity index (χ1n) is 7.08. The van der Waals surface area contributed by atoms with Crippen molar-refractivity contribution in [3.05, 3.63) is 33.1 Å². The van der Waals surface area contributed by atoms with Crippen molar-refractivity contribution in [1.82, 2.24) is 9.55 Å². The highest BCUT2D eigenvalue weighted by Gasteiger charge is 2.62. The van der Waals surface area contributed by atoms with Crippen LogP contribution >= 0.6 is 18.3 Å². The van der Waals surface area contributed by atoms with Gasteiger partial charge in [-0.1, -0.05) is 11.6 Å². The smallest absolute Gasteiger partial charge is 0.330 e. The number of rotatable bonds is 3. The predicted molar refractivity (Wildman–Crippen MR) is 86.3 cm³/mol. The molecule has 0 amide bonds. The van der Waals surface area contributed by atoms with Crippen LogP contribution in [0.4, 0.5) is 4.39 Å². The third kappa shape index (κ3) is 3.24. The summed E-state index contributed by atoms with van der Waals surface area (Å²) in [4.78, 5) is 25.0. The predicted octanol–water partition coefficient (Wildman–Crippen LogP) is 1.40. The highest BCUT2D eigenvalue weighted by Crippen LogP contribution is 2.61. The summed E-state index contributed by atoms with van der Waals surface area (Å²) in [5, 5.41) is -2.60. The van der Waals surface area contributed by atoms with E-state index in [9.17, 15) is 9.59 Å². The number of nitrogens with one attached hydrogen (secondary N) is 1. The second-order valence-corrected chi connectivity index (χ2v) is 9.14. The molecular weight excluding hydrogens is 386 g/mol. The molecule has 24 heavy (non-hydrogen) atoms. The molecule has 5 atom stereocenters. The van der Waals surface area contributed by atoms with Crippen molar-refractivity contribution in [3.63, 3.8) is 0 Å². The van der Waals surface area contributed by atoms with E-state index in [4.69, 9.17) is 41.7 Å². The van der Waals surface area contributed by atoms with Gasteiger partial charge in [0, 0.05) is 12.3 Å². The fraction of sp³-hybridized carbons (Fsp3) is 0.667. The lowest BCUT2D eigenvalue weighted by Crippen LogP contribution is -2.44. The summed E-state index contributed by atoms with van der Waals surface area (Å²) < 4.78 is 37.9. The Bertz CT molecular complexity index is 798. The minimum Gasteiger partial charge on any atom is -0.344 e. The van der Waals surface area contributed by atoms with Crippen LogP contribution in [0.25, 0.3) is 0 Å². The standard InChI is InChI=1S/C12H15ClFN2O6PS/c1-6(2)21-23(24)19-5-7-9(22-23)12(13,14)10(20-7)16-4-3-8(17)15-11(16)18/h3-4,6-7,9-10H,5H2,1-2H3,(H,15,17,18). The summed E-state index contributed by atoms with van der Waals surface area (Å²) >= 11 is 11.2. The van der Waals surface area contributed by atoms with Gasteiger partial charge in [0.15, 0.2) is 6.23 Å². The van der Waals surface area contributed by atoms with Gasteiger partial charge in [0.25, 0.3) is 10.7 Å². The molecule has 0 aromatic carbocycles. The third-order valence-corrected chi connectivity index (χ3v) is 6.30. The van der Waals surface area contributed by atoms with E-state index in [2.05, 4.69) is 0 Å². The molecule has 0 spiro atoms. The topological polar surface area (TPSA) is 91.8 Å². The zero-order chi connectivity index (χ0) is 17.7. The van der Waals surface area contributed by atoms with Gasteiger partial charge in [-0.05, 0) is 25.7 Å². The fourth-order valence-corrected chi connectivity index (χ4v) is 5.46. The quantitative estimate of drug-likeness (QED) is 0.605. The zero-order valence-electron chi connectivity index (χ0n) is 12.7. The Labute approximate surface area is 146 Å². The average Bonchev–Trinajstić information content (AvgIpc) is 2.69. The highest BCUT2D eigenvalue weighted by atomic mass is 35.5. The molecule has 2 aliphatic rings. The van der Waals surface area contributed by atoms with Crippen molar-refractivity contribution in [2.24, 2.45) is 0 Å². The molecule has 0 radical (unpaired) electrons. The zero-order valence-corrected chi connectivity index (χ0v) is 15.1. The average molecular weight is 401 g/mol. The first-order valence-corrected chi connectivity index (χ1v) is 10.0. The van der Waals surface area contributed by atoms with Crippen LogP contribution < -0.4 is 11.2 Å². The minimum atomic E-state index is -3.17. The van der Waals surface area contributed by atoms with Crippen LogP contribution in [0.2, 0.25) is 0 Å². The molecule has 3 rings (SSSR count). The number of hydrogen-bond acceptors (Lipinski definition) is 7. The normalized spacial score (nSPS) is 39.1. The molecule has 2 fully saturated rings. The van der Waals surface area contributed by atoms with Crippen molar-refractivity contribution in [3.8, 4) is 0 Å². The van der Waals surface area contributed by atoms with Crippen molar-refractivity contribution in [2.75, 3.05) is 6.61 Å². The van der Waals surface area contributed by atoms with E-state index < -0.39 is 41.5 Å². The molecule has 3 heterocycles. The maximum atomic E-state index is 15.2. The molecule has 0 saturated carbocycles. The van der Waals surface area contributed by atoms with Crippen molar-refractivity contribution >= 4 is 30.1 Å². The lowest BCUT2D eigenvalue weighted by Gasteiger charge is -2.35. The van der Waals surface area contributed by atoms with Crippen LogP contribution in [0.5, 0.6) is 0 Å². The molecule has 2 aliphatic heterocycles. The van der Waals surface area contributed by atoms with E-state index in [1.54, 1.807) is 13.8 Å². The summed E-state index contributed by atoms with van der Waals surface area (Å²) in [5.74, 6) is 0. The number of ether oxygens (including phenoxy) is 1. The van der Waals surface area contributed by atoms with Gasteiger partial charge in [0.1, 0.15) is 12.2 Å². The molecule has 8 nitrogen and oxygen atoms in total. The van der Waals surface area contributed by atoms with Crippen LogP contribution in [0.15, 0.2) is 21.9 Å². The molecule has 1 N–H and O–H groups in total. The summed E-state index contributed by atoms with van der Waals surface area (Å²) in [6, 6.07) is 1.06. The third-order valence-electron chi connectivity index (χ3n) is 3.43. The van der Waals surface area contributed by atoms with Crippen LogP contribution in [0.3, 0.4) is 0 Å². The largest absolute Gasteiger partial charge is 0.344 e. The van der Waals surface area contributed by atoms with Crippen molar-refractivity contribution in [1.29, 1.82) is 0 Å². The van der Waals surface area contributed by atoms with Gasteiger partial charge in [-0.2, -0.15) is 0 Å². The number of nitrogens with zero attached hydrogens (tertiary/aromatic N) is 1. The second kappa shape index (κ2) is 6.28. The Morgan fingerprint density at radius 3 is 2.92 bits per heavy atom. The molecule has 1 aromatic rings. The molecule has 12 heteroatoms.